The summed E-state index contributed by atoms with van der Waals surface area (Å²) in [4.78, 5) is 15.5. The molecule has 0 atom stereocenters. The Bertz CT molecular complexity index is 874. The van der Waals surface area contributed by atoms with Gasteiger partial charge in [-0.3, -0.25) is 4.57 Å². The van der Waals surface area contributed by atoms with E-state index in [9.17, 15) is 9.90 Å². The van der Waals surface area contributed by atoms with Crippen LogP contribution in [-0.2, 0) is 0 Å². The van der Waals surface area contributed by atoms with Crippen molar-refractivity contribution in [3.8, 4) is 22.8 Å². The van der Waals surface area contributed by atoms with Crippen LogP contribution in [0.4, 0.5) is 0 Å². The number of imidazole rings is 1. The van der Waals surface area contributed by atoms with Crippen LogP contribution in [-0.4, -0.2) is 27.7 Å². The van der Waals surface area contributed by atoms with Gasteiger partial charge in [0.2, 0.25) is 0 Å². The van der Waals surface area contributed by atoms with Crippen molar-refractivity contribution in [3.63, 3.8) is 0 Å². The normalized spacial score (nSPS) is 10.5. The second-order valence-electron chi connectivity index (χ2n) is 4.81. The third kappa shape index (κ3) is 2.91. The molecule has 0 fully saturated rings. The number of carboxylic acid groups (broad SMARTS) is 1. The largest absolute Gasteiger partial charge is 0.497 e. The fourth-order valence-electron chi connectivity index (χ4n) is 2.27. The van der Waals surface area contributed by atoms with Crippen LogP contribution >= 0.6 is 11.6 Å². The summed E-state index contributed by atoms with van der Waals surface area (Å²) in [6.07, 6.45) is 1.47. The van der Waals surface area contributed by atoms with Crippen LogP contribution < -0.4 is 4.74 Å². The molecule has 0 amide bonds. The zero-order valence-corrected chi connectivity index (χ0v) is 13.0. The van der Waals surface area contributed by atoms with Crippen molar-refractivity contribution >= 4 is 17.6 Å². The van der Waals surface area contributed by atoms with Gasteiger partial charge in [-0.1, -0.05) is 29.8 Å². The van der Waals surface area contributed by atoms with E-state index in [2.05, 4.69) is 4.98 Å². The molecule has 0 unspecified atom stereocenters. The summed E-state index contributed by atoms with van der Waals surface area (Å²) < 4.78 is 6.91. The average molecular weight is 329 g/mol. The summed E-state index contributed by atoms with van der Waals surface area (Å²) in [6, 6.07) is 14.5. The van der Waals surface area contributed by atoms with Gasteiger partial charge in [-0.15, -0.1) is 0 Å². The molecule has 0 spiro atoms. The van der Waals surface area contributed by atoms with Crippen LogP contribution in [0, 0.1) is 0 Å². The minimum atomic E-state index is -1.10. The minimum absolute atomic E-state index is 0.0530. The number of hydrogen-bond donors (Lipinski definition) is 1. The Kier molecular flexibility index (Phi) is 4.04. The van der Waals surface area contributed by atoms with Gasteiger partial charge in [-0.25, -0.2) is 9.78 Å². The maximum absolute atomic E-state index is 11.3. The van der Waals surface area contributed by atoms with E-state index in [-0.39, 0.29) is 5.69 Å². The maximum atomic E-state index is 11.3. The van der Waals surface area contributed by atoms with Gasteiger partial charge >= 0.3 is 5.97 Å². The van der Waals surface area contributed by atoms with E-state index in [0.717, 1.165) is 5.69 Å². The summed E-state index contributed by atoms with van der Waals surface area (Å²) in [6.45, 7) is 0. The molecule has 2 aromatic carbocycles. The second-order valence-corrected chi connectivity index (χ2v) is 5.21. The van der Waals surface area contributed by atoms with Crippen LogP contribution in [0.15, 0.2) is 54.7 Å². The molecule has 5 nitrogen and oxygen atoms in total. The lowest BCUT2D eigenvalue weighted by molar-refractivity contribution is 0.0691. The van der Waals surface area contributed by atoms with Gasteiger partial charge in [0.25, 0.3) is 0 Å². The summed E-state index contributed by atoms with van der Waals surface area (Å²) in [5.41, 5.74) is 1.34. The molecule has 0 aliphatic rings. The van der Waals surface area contributed by atoms with E-state index >= 15 is 0 Å². The molecule has 6 heteroatoms. The van der Waals surface area contributed by atoms with E-state index < -0.39 is 5.97 Å². The Morgan fingerprint density at radius 3 is 2.70 bits per heavy atom. The van der Waals surface area contributed by atoms with Crippen molar-refractivity contribution < 1.29 is 14.6 Å². The lowest BCUT2D eigenvalue weighted by atomic mass is 10.2. The first kappa shape index (κ1) is 15.1. The van der Waals surface area contributed by atoms with Crippen LogP contribution in [0.3, 0.4) is 0 Å². The molecule has 0 radical (unpaired) electrons. The molecule has 0 aliphatic heterocycles. The van der Waals surface area contributed by atoms with Crippen molar-refractivity contribution in [3.05, 3.63) is 65.4 Å². The first-order valence-corrected chi connectivity index (χ1v) is 7.20. The highest BCUT2D eigenvalue weighted by atomic mass is 35.5. The number of rotatable bonds is 4. The molecule has 1 aromatic heterocycles. The van der Waals surface area contributed by atoms with E-state index in [1.165, 1.54) is 6.20 Å². The molecule has 116 valence electrons. The number of methoxy groups -OCH3 is 1. The Labute approximate surface area is 137 Å². The Balaban J connectivity index is 2.23. The molecule has 0 saturated carbocycles. The summed E-state index contributed by atoms with van der Waals surface area (Å²) in [7, 11) is 1.57. The van der Waals surface area contributed by atoms with Crippen molar-refractivity contribution in [2.45, 2.75) is 0 Å². The molecule has 3 rings (SSSR count). The molecular weight excluding hydrogens is 316 g/mol. The van der Waals surface area contributed by atoms with E-state index in [1.807, 2.05) is 30.3 Å². The second kappa shape index (κ2) is 6.14. The number of aromatic carboxylic acids is 1. The number of hydrogen-bond acceptors (Lipinski definition) is 3. The highest BCUT2D eigenvalue weighted by Crippen LogP contribution is 2.30. The topological polar surface area (TPSA) is 64.3 Å². The Morgan fingerprint density at radius 1 is 1.22 bits per heavy atom. The fraction of sp³-hybridized carbons (Fsp3) is 0.0588. The number of carboxylic acids is 1. The molecule has 0 saturated heterocycles. The van der Waals surface area contributed by atoms with Crippen LogP contribution in [0.25, 0.3) is 17.1 Å². The van der Waals surface area contributed by atoms with Gasteiger partial charge in [0.1, 0.15) is 11.6 Å². The maximum Gasteiger partial charge on any atom is 0.356 e. The van der Waals surface area contributed by atoms with E-state index in [0.29, 0.717) is 22.2 Å². The van der Waals surface area contributed by atoms with Gasteiger partial charge in [0, 0.05) is 17.8 Å². The molecule has 1 N–H and O–H groups in total. The first-order valence-electron chi connectivity index (χ1n) is 6.82. The Hall–Kier alpha value is -2.79. The molecule has 1 heterocycles. The summed E-state index contributed by atoms with van der Waals surface area (Å²) in [5, 5.41) is 9.75. The SMILES string of the molecule is COc1cccc(-n2cc(C(=O)O)nc2-c2ccccc2Cl)c1. The Morgan fingerprint density at radius 2 is 2.00 bits per heavy atom. The predicted octanol–water partition coefficient (Wildman–Crippen LogP) is 3.90. The summed E-state index contributed by atoms with van der Waals surface area (Å²) in [5.74, 6) is 0.0272. The van der Waals surface area contributed by atoms with Crippen LogP contribution in [0.5, 0.6) is 5.75 Å². The fourth-order valence-corrected chi connectivity index (χ4v) is 2.49. The smallest absolute Gasteiger partial charge is 0.356 e. The highest BCUT2D eigenvalue weighted by molar-refractivity contribution is 6.33. The van der Waals surface area contributed by atoms with Gasteiger partial charge < -0.3 is 9.84 Å². The third-order valence-corrected chi connectivity index (χ3v) is 3.70. The van der Waals surface area contributed by atoms with Crippen molar-refractivity contribution in [2.24, 2.45) is 0 Å². The predicted molar refractivity (Wildman–Crippen MR) is 87.5 cm³/mol. The monoisotopic (exact) mass is 328 g/mol. The number of aromatic nitrogens is 2. The van der Waals surface area contributed by atoms with E-state index in [4.69, 9.17) is 16.3 Å². The zero-order valence-electron chi connectivity index (χ0n) is 12.2. The highest BCUT2D eigenvalue weighted by Gasteiger charge is 2.17. The molecule has 23 heavy (non-hydrogen) atoms. The lowest BCUT2D eigenvalue weighted by Gasteiger charge is -2.10. The third-order valence-electron chi connectivity index (χ3n) is 3.37. The van der Waals surface area contributed by atoms with E-state index in [1.54, 1.807) is 29.9 Å². The van der Waals surface area contributed by atoms with Gasteiger partial charge in [-0.2, -0.15) is 0 Å². The zero-order chi connectivity index (χ0) is 16.4. The average Bonchev–Trinajstić information content (AvgIpc) is 3.01. The molecule has 0 aliphatic carbocycles. The van der Waals surface area contributed by atoms with Gasteiger partial charge in [0.15, 0.2) is 5.69 Å². The number of nitrogens with zero attached hydrogens (tertiary/aromatic N) is 2. The minimum Gasteiger partial charge on any atom is -0.497 e. The molecule has 0 bridgehead atoms. The first-order chi connectivity index (χ1) is 11.1. The summed E-state index contributed by atoms with van der Waals surface area (Å²) >= 11 is 6.24. The van der Waals surface area contributed by atoms with Crippen molar-refractivity contribution in [1.29, 1.82) is 0 Å². The number of carbonyl (C=O) groups is 1. The van der Waals surface area contributed by atoms with Gasteiger partial charge in [-0.05, 0) is 24.3 Å². The quantitative estimate of drug-likeness (QED) is 0.789. The van der Waals surface area contributed by atoms with Crippen LogP contribution in [0.1, 0.15) is 10.5 Å². The number of ether oxygens (including phenoxy) is 1. The standard InChI is InChI=1S/C17H13ClN2O3/c1-23-12-6-4-5-11(9-12)20-10-15(17(21)22)19-16(20)13-7-2-3-8-14(13)18/h2-10H,1H3,(H,21,22). The van der Waals surface area contributed by atoms with Crippen molar-refractivity contribution in [1.82, 2.24) is 9.55 Å². The molecular formula is C17H13ClN2O3. The van der Waals surface area contributed by atoms with Gasteiger partial charge in [0.05, 0.1) is 17.8 Å². The number of benzene rings is 2. The lowest BCUT2D eigenvalue weighted by Crippen LogP contribution is -1.97. The molecule has 3 aromatic rings. The van der Waals surface area contributed by atoms with Crippen molar-refractivity contribution in [2.75, 3.05) is 7.11 Å². The van der Waals surface area contributed by atoms with Crippen LogP contribution in [0.2, 0.25) is 5.02 Å². The number of halogens is 1.